The zero-order chi connectivity index (χ0) is 13.2. The molecule has 0 bridgehead atoms. The van der Waals surface area contributed by atoms with E-state index in [2.05, 4.69) is 21.2 Å². The Hall–Kier alpha value is -0.0100. The molecule has 1 aliphatic rings. The average Bonchev–Trinajstić information content (AvgIpc) is 2.32. The van der Waals surface area contributed by atoms with Crippen molar-refractivity contribution < 1.29 is 13.2 Å². The monoisotopic (exact) mass is 394 g/mol. The first-order valence-electron chi connectivity index (χ1n) is 5.76. The van der Waals surface area contributed by atoms with Gasteiger partial charge in [0.15, 0.2) is 0 Å². The molecule has 2 rings (SSSR count). The van der Waals surface area contributed by atoms with Crippen LogP contribution in [0.3, 0.4) is 0 Å². The lowest BCUT2D eigenvalue weighted by atomic mass is 10.0. The summed E-state index contributed by atoms with van der Waals surface area (Å²) in [4.78, 5) is 1.48. The highest BCUT2D eigenvalue weighted by Gasteiger charge is 2.45. The summed E-state index contributed by atoms with van der Waals surface area (Å²) in [5.74, 6) is 0. The van der Waals surface area contributed by atoms with E-state index in [1.54, 1.807) is 18.2 Å². The highest BCUT2D eigenvalue weighted by Crippen LogP contribution is 2.40. The number of alkyl halides is 3. The zero-order valence-corrected chi connectivity index (χ0v) is 13.7. The van der Waals surface area contributed by atoms with Crippen LogP contribution >= 0.6 is 40.7 Å². The van der Waals surface area contributed by atoms with Gasteiger partial charge in [0.1, 0.15) is 6.04 Å². The number of nitrogens with one attached hydrogen (secondary N) is 1. The van der Waals surface area contributed by atoms with Gasteiger partial charge in [-0.2, -0.15) is 13.2 Å². The SMILES string of the molecule is Cl.Cl.FC(F)(F)[C@H](c1ccccc1Br)N1CCNCC1. The molecule has 20 heavy (non-hydrogen) atoms. The van der Waals surface area contributed by atoms with E-state index in [1.807, 2.05) is 0 Å². The van der Waals surface area contributed by atoms with Crippen LogP contribution in [0, 0.1) is 0 Å². The van der Waals surface area contributed by atoms with Crippen LogP contribution in [0.25, 0.3) is 0 Å². The number of halogens is 6. The van der Waals surface area contributed by atoms with Gasteiger partial charge in [0.2, 0.25) is 0 Å². The highest BCUT2D eigenvalue weighted by atomic mass is 79.9. The number of piperazine rings is 1. The van der Waals surface area contributed by atoms with Gasteiger partial charge in [-0.3, -0.25) is 4.90 Å². The molecule has 0 amide bonds. The van der Waals surface area contributed by atoms with Gasteiger partial charge in [-0.05, 0) is 11.6 Å². The Labute approximate surface area is 137 Å². The van der Waals surface area contributed by atoms with Gasteiger partial charge in [-0.25, -0.2) is 0 Å². The Balaban J connectivity index is 0.00000180. The summed E-state index contributed by atoms with van der Waals surface area (Å²) in [5.41, 5.74) is 0.284. The molecule has 1 atom stereocenters. The van der Waals surface area contributed by atoms with Crippen molar-refractivity contribution in [3.8, 4) is 0 Å². The summed E-state index contributed by atoms with van der Waals surface area (Å²) in [7, 11) is 0. The largest absolute Gasteiger partial charge is 0.408 e. The molecular weight excluding hydrogens is 380 g/mol. The Kier molecular flexibility index (Phi) is 8.43. The lowest BCUT2D eigenvalue weighted by molar-refractivity contribution is -0.188. The number of nitrogens with zero attached hydrogens (tertiary/aromatic N) is 1. The first-order chi connectivity index (χ1) is 8.50. The van der Waals surface area contributed by atoms with Crippen molar-refractivity contribution in [3.63, 3.8) is 0 Å². The Morgan fingerprint density at radius 1 is 1.10 bits per heavy atom. The van der Waals surface area contributed by atoms with Crippen molar-refractivity contribution >= 4 is 40.7 Å². The fraction of sp³-hybridized carbons (Fsp3) is 0.500. The van der Waals surface area contributed by atoms with E-state index in [1.165, 1.54) is 11.0 Å². The predicted molar refractivity (Wildman–Crippen MR) is 81.9 cm³/mol. The lowest BCUT2D eigenvalue weighted by Gasteiger charge is -2.36. The molecule has 0 saturated carbocycles. The van der Waals surface area contributed by atoms with Crippen LogP contribution in [0.4, 0.5) is 13.2 Å². The predicted octanol–water partition coefficient (Wildman–Crippen LogP) is 3.80. The molecule has 1 aromatic carbocycles. The summed E-state index contributed by atoms with van der Waals surface area (Å²) in [5, 5.41) is 3.07. The summed E-state index contributed by atoms with van der Waals surface area (Å²) in [6, 6.07) is 5.01. The van der Waals surface area contributed by atoms with Gasteiger partial charge in [-0.15, -0.1) is 24.8 Å². The van der Waals surface area contributed by atoms with Crippen LogP contribution in [-0.4, -0.2) is 37.3 Å². The van der Waals surface area contributed by atoms with Crippen LogP contribution in [0.15, 0.2) is 28.7 Å². The maximum atomic E-state index is 13.3. The van der Waals surface area contributed by atoms with Gasteiger partial charge < -0.3 is 5.32 Å². The van der Waals surface area contributed by atoms with E-state index >= 15 is 0 Å². The molecular formula is C12H16BrCl2F3N2. The number of hydrogen-bond acceptors (Lipinski definition) is 2. The minimum absolute atomic E-state index is 0. The van der Waals surface area contributed by atoms with Crippen molar-refractivity contribution in [1.82, 2.24) is 10.2 Å². The summed E-state index contributed by atoms with van der Waals surface area (Å²) in [6.45, 7) is 2.01. The second-order valence-corrected chi connectivity index (χ2v) is 5.11. The lowest BCUT2D eigenvalue weighted by Crippen LogP contribution is -2.49. The summed E-state index contributed by atoms with van der Waals surface area (Å²) < 4.78 is 40.4. The van der Waals surface area contributed by atoms with E-state index in [0.29, 0.717) is 30.7 Å². The van der Waals surface area contributed by atoms with E-state index in [0.717, 1.165) is 0 Å². The van der Waals surface area contributed by atoms with Crippen LogP contribution in [0.1, 0.15) is 11.6 Å². The molecule has 0 radical (unpaired) electrons. The molecule has 1 N–H and O–H groups in total. The van der Waals surface area contributed by atoms with Gasteiger partial charge in [0.05, 0.1) is 0 Å². The zero-order valence-electron chi connectivity index (χ0n) is 10.5. The molecule has 116 valence electrons. The Bertz CT molecular complexity index is 412. The maximum Gasteiger partial charge on any atom is 0.408 e. The average molecular weight is 396 g/mol. The molecule has 1 heterocycles. The van der Waals surface area contributed by atoms with Crippen molar-refractivity contribution in [2.24, 2.45) is 0 Å². The minimum Gasteiger partial charge on any atom is -0.314 e. The molecule has 1 saturated heterocycles. The van der Waals surface area contributed by atoms with E-state index in [-0.39, 0.29) is 30.4 Å². The molecule has 1 aromatic rings. The molecule has 1 aliphatic heterocycles. The topological polar surface area (TPSA) is 15.3 Å². The molecule has 0 spiro atoms. The van der Waals surface area contributed by atoms with Crippen molar-refractivity contribution in [1.29, 1.82) is 0 Å². The summed E-state index contributed by atoms with van der Waals surface area (Å²) in [6.07, 6.45) is -4.26. The molecule has 0 unspecified atom stereocenters. The van der Waals surface area contributed by atoms with Gasteiger partial charge in [0.25, 0.3) is 0 Å². The number of hydrogen-bond donors (Lipinski definition) is 1. The highest BCUT2D eigenvalue weighted by molar-refractivity contribution is 9.10. The molecule has 0 aliphatic carbocycles. The first kappa shape index (κ1) is 20.0. The quantitative estimate of drug-likeness (QED) is 0.819. The van der Waals surface area contributed by atoms with Crippen LogP contribution in [0.5, 0.6) is 0 Å². The normalized spacial score (nSPS) is 17.8. The van der Waals surface area contributed by atoms with Crippen molar-refractivity contribution in [2.75, 3.05) is 26.2 Å². The fourth-order valence-corrected chi connectivity index (χ4v) is 2.72. The van der Waals surface area contributed by atoms with E-state index in [9.17, 15) is 13.2 Å². The van der Waals surface area contributed by atoms with Crippen LogP contribution in [-0.2, 0) is 0 Å². The van der Waals surface area contributed by atoms with Crippen molar-refractivity contribution in [2.45, 2.75) is 12.2 Å². The number of rotatable bonds is 2. The van der Waals surface area contributed by atoms with Crippen LogP contribution < -0.4 is 5.32 Å². The third-order valence-electron chi connectivity index (χ3n) is 3.03. The smallest absolute Gasteiger partial charge is 0.314 e. The summed E-state index contributed by atoms with van der Waals surface area (Å²) >= 11 is 3.21. The number of benzene rings is 1. The fourth-order valence-electron chi connectivity index (χ4n) is 2.22. The molecule has 1 fully saturated rings. The van der Waals surface area contributed by atoms with E-state index < -0.39 is 12.2 Å². The second kappa shape index (κ2) is 8.44. The van der Waals surface area contributed by atoms with E-state index in [4.69, 9.17) is 0 Å². The minimum atomic E-state index is -4.26. The Morgan fingerprint density at radius 3 is 2.15 bits per heavy atom. The van der Waals surface area contributed by atoms with Gasteiger partial charge in [-0.1, -0.05) is 34.1 Å². The third-order valence-corrected chi connectivity index (χ3v) is 3.75. The van der Waals surface area contributed by atoms with Gasteiger partial charge >= 0.3 is 6.18 Å². The Morgan fingerprint density at radius 2 is 1.65 bits per heavy atom. The second-order valence-electron chi connectivity index (χ2n) is 4.25. The molecule has 0 aromatic heterocycles. The molecule has 2 nitrogen and oxygen atoms in total. The maximum absolute atomic E-state index is 13.3. The van der Waals surface area contributed by atoms with Crippen LogP contribution in [0.2, 0.25) is 0 Å². The van der Waals surface area contributed by atoms with Gasteiger partial charge in [0, 0.05) is 30.7 Å². The molecule has 8 heteroatoms. The third kappa shape index (κ3) is 4.77. The standard InChI is InChI=1S/C12H14BrF3N2.2ClH/c13-10-4-2-1-3-9(10)11(12(14,15)16)18-7-5-17-6-8-18;;/h1-4,11,17H,5-8H2;2*1H/t11-;;/m0../s1. The first-order valence-corrected chi connectivity index (χ1v) is 6.55. The van der Waals surface area contributed by atoms with Crippen molar-refractivity contribution in [3.05, 3.63) is 34.3 Å².